The molecule has 175 valence electrons. The van der Waals surface area contributed by atoms with Crippen molar-refractivity contribution in [3.05, 3.63) is 66.3 Å². The van der Waals surface area contributed by atoms with Gasteiger partial charge in [-0.2, -0.15) is 25.6 Å². The van der Waals surface area contributed by atoms with E-state index in [1.807, 2.05) is 77.9 Å². The van der Waals surface area contributed by atoms with Crippen LogP contribution in [0.5, 0.6) is 0 Å². The van der Waals surface area contributed by atoms with Gasteiger partial charge in [-0.25, -0.2) is 0 Å². The van der Waals surface area contributed by atoms with Gasteiger partial charge in [-0.3, -0.25) is 9.78 Å². The number of nitrogens with one attached hydrogen (secondary N) is 3. The van der Waals surface area contributed by atoms with E-state index in [-0.39, 0.29) is 71.0 Å². The Kier molecular flexibility index (Phi) is 16.4. The van der Waals surface area contributed by atoms with Crippen LogP contribution in [0.25, 0.3) is 33.3 Å². The Morgan fingerprint density at radius 1 is 1.03 bits per heavy atom. The number of aromatic nitrogens is 3. The predicted molar refractivity (Wildman–Crippen MR) is 146 cm³/mol. The Hall–Kier alpha value is -1.56. The number of H-pyrrole nitrogens is 2. The molecule has 3 radical (unpaired) electrons. The molecule has 0 saturated carbocycles. The van der Waals surface area contributed by atoms with Crippen LogP contribution in [0.1, 0.15) is 41.5 Å². The molecule has 33 heavy (non-hydrogen) atoms. The monoisotopic (exact) mass is 539 g/mol. The Morgan fingerprint density at radius 3 is 2.27 bits per heavy atom. The fraction of sp³-hybridized carbons (Fsp3) is 0.320. The van der Waals surface area contributed by atoms with Crippen LogP contribution in [-0.2, 0) is 32.7 Å². The number of rotatable bonds is 4. The molecule has 0 aliphatic rings. The minimum Gasteiger partial charge on any atom is -0.390 e. The summed E-state index contributed by atoms with van der Waals surface area (Å²) in [6.07, 6.45) is 0. The minimum absolute atomic E-state index is 0. The van der Waals surface area contributed by atoms with Crippen LogP contribution >= 0.6 is 13.5 Å². The Morgan fingerprint density at radius 2 is 1.67 bits per heavy atom. The molecular weight excluding hydrogens is 504 g/mol. The second kappa shape index (κ2) is 16.1. The van der Waals surface area contributed by atoms with Crippen LogP contribution in [0, 0.1) is 19.4 Å². The predicted octanol–water partition coefficient (Wildman–Crippen LogP) is 6.05. The van der Waals surface area contributed by atoms with Crippen molar-refractivity contribution in [1.29, 1.82) is 0 Å². The first-order chi connectivity index (χ1) is 14.5. The van der Waals surface area contributed by atoms with Crippen molar-refractivity contribution < 1.29 is 32.7 Å². The minimum atomic E-state index is -0.295. The third-order valence-electron chi connectivity index (χ3n) is 4.52. The van der Waals surface area contributed by atoms with E-state index >= 15 is 0 Å². The average Bonchev–Trinajstić information content (AvgIpc) is 3.20. The molecule has 3 N–H and O–H groups in total. The summed E-state index contributed by atoms with van der Waals surface area (Å²) in [5.41, 5.74) is 3.29. The molecule has 2 aromatic carbocycles. The van der Waals surface area contributed by atoms with Gasteiger partial charge in [0.1, 0.15) is 11.4 Å². The number of fused-ring (bicyclic) bond motifs is 2. The van der Waals surface area contributed by atoms with Crippen molar-refractivity contribution in [2.45, 2.75) is 47.5 Å². The smallest absolute Gasteiger partial charge is 0.261 e. The second-order valence-corrected chi connectivity index (χ2v) is 6.69. The number of nitrogens with zero attached hydrogens (tertiary/aromatic N) is 1. The summed E-state index contributed by atoms with van der Waals surface area (Å²) in [6, 6.07) is 16.1. The van der Waals surface area contributed by atoms with E-state index in [0.29, 0.717) is 17.1 Å². The number of hydrogen-bond donors (Lipinski definition) is 3. The number of aromatic amines is 2. The largest absolute Gasteiger partial charge is 0.390 e. The molecule has 2 aromatic heterocycles. The summed E-state index contributed by atoms with van der Waals surface area (Å²) >= 11 is 0. The third-order valence-corrected chi connectivity index (χ3v) is 4.52. The van der Waals surface area contributed by atoms with Crippen molar-refractivity contribution in [3.8, 4) is 11.4 Å². The van der Waals surface area contributed by atoms with Crippen LogP contribution in [0.15, 0.2) is 47.3 Å². The molecule has 1 atom stereocenters. The first kappa shape index (κ1) is 33.6. The number of hydrogen-bond acceptors (Lipinski definition) is 3. The fourth-order valence-electron chi connectivity index (χ4n) is 2.97. The molecule has 0 spiro atoms. The summed E-state index contributed by atoms with van der Waals surface area (Å²) in [6.45, 7) is 12.1. The second-order valence-electron chi connectivity index (χ2n) is 6.69. The number of imidazole rings is 1. The van der Waals surface area contributed by atoms with E-state index in [1.165, 1.54) is 0 Å². The molecule has 1 unspecified atom stereocenters. The van der Waals surface area contributed by atoms with E-state index in [0.717, 1.165) is 21.9 Å². The quantitative estimate of drug-likeness (QED) is 0.219. The maximum Gasteiger partial charge on any atom is 0.261 e. The Labute approximate surface area is 231 Å². The van der Waals surface area contributed by atoms with E-state index in [1.54, 1.807) is 6.07 Å². The van der Waals surface area contributed by atoms with Crippen molar-refractivity contribution in [1.82, 2.24) is 15.0 Å². The molecule has 0 amide bonds. The summed E-state index contributed by atoms with van der Waals surface area (Å²) in [5, 5.41) is 4.22. The maximum absolute atomic E-state index is 12.9. The first-order valence-corrected chi connectivity index (χ1v) is 10.6. The molecule has 4 aromatic rings. The molecular formula is C25H35BN4OSY-2. The molecule has 0 fully saturated rings. The van der Waals surface area contributed by atoms with Gasteiger partial charge >= 0.3 is 0 Å². The molecule has 0 saturated heterocycles. The van der Waals surface area contributed by atoms with Gasteiger partial charge in [-0.15, -0.1) is 12.1 Å². The van der Waals surface area contributed by atoms with E-state index < -0.39 is 0 Å². The summed E-state index contributed by atoms with van der Waals surface area (Å²) < 4.78 is 0. The molecule has 8 heteroatoms. The van der Waals surface area contributed by atoms with Gasteiger partial charge in [0.05, 0.1) is 19.1 Å². The number of benzene rings is 2. The SMILES string of the molecule is CC.CC.S.[B]C(Nc1c(-c2nc3c[c-]ccc3[nH]2)c(=O)[nH]c2ccccc12)C(C)C.[CH3-].[Y]. The van der Waals surface area contributed by atoms with Crippen LogP contribution in [0.3, 0.4) is 0 Å². The van der Waals surface area contributed by atoms with Crippen molar-refractivity contribution in [3.63, 3.8) is 0 Å². The standard InChI is InChI=1S/C20H18BN4O.2C2H6.CH3.H2S.Y/c1-11(2)18(21)25-17-12-7-3-4-8-13(12)24-20(26)16(17)19-22-14-9-5-6-10-15(14)23-19;2*1-2;;;/h3-5,7-11,18H,1-2H3,(H,22,23)(H2,24,25,26);2*1-2H3;1H3;1H2;/q-1;;;-1;;. The summed E-state index contributed by atoms with van der Waals surface area (Å²) in [5.74, 6) is 0.410. The van der Waals surface area contributed by atoms with Gasteiger partial charge in [-0.05, 0) is 29.0 Å². The summed E-state index contributed by atoms with van der Waals surface area (Å²) in [7, 11) is 6.25. The van der Waals surface area contributed by atoms with Crippen LogP contribution in [-0.4, -0.2) is 28.7 Å². The van der Waals surface area contributed by atoms with Crippen molar-refractivity contribution >= 4 is 49.0 Å². The topological polar surface area (TPSA) is 73.6 Å². The van der Waals surface area contributed by atoms with E-state index in [4.69, 9.17) is 7.85 Å². The molecule has 0 aliphatic carbocycles. The van der Waals surface area contributed by atoms with Crippen LogP contribution in [0.4, 0.5) is 5.69 Å². The van der Waals surface area contributed by atoms with Crippen LogP contribution < -0.4 is 10.9 Å². The average molecular weight is 539 g/mol. The molecule has 5 nitrogen and oxygen atoms in total. The van der Waals surface area contributed by atoms with Gasteiger partial charge < -0.3 is 22.7 Å². The maximum atomic E-state index is 12.9. The van der Waals surface area contributed by atoms with Gasteiger partial charge in [-0.1, -0.05) is 59.7 Å². The molecule has 2 heterocycles. The normalized spacial score (nSPS) is 10.4. The Balaban J connectivity index is 0. The summed E-state index contributed by atoms with van der Waals surface area (Å²) in [4.78, 5) is 23.6. The van der Waals surface area contributed by atoms with E-state index in [2.05, 4.69) is 26.3 Å². The Bertz CT molecular complexity index is 1130. The number of anilines is 1. The zero-order valence-corrected chi connectivity index (χ0v) is 24.5. The van der Waals surface area contributed by atoms with Crippen molar-refractivity contribution in [2.75, 3.05) is 5.32 Å². The van der Waals surface area contributed by atoms with Gasteiger partial charge in [0, 0.05) is 38.1 Å². The molecule has 4 rings (SSSR count). The van der Waals surface area contributed by atoms with Gasteiger partial charge in [0.25, 0.3) is 5.56 Å². The number of pyridine rings is 1. The van der Waals surface area contributed by atoms with Gasteiger partial charge in [0.2, 0.25) is 0 Å². The third kappa shape index (κ3) is 7.73. The van der Waals surface area contributed by atoms with E-state index in [9.17, 15) is 4.79 Å². The first-order valence-electron chi connectivity index (χ1n) is 10.6. The molecule has 0 aliphatic heterocycles. The zero-order valence-electron chi connectivity index (χ0n) is 20.7. The number of para-hydroxylation sites is 1. The van der Waals surface area contributed by atoms with Gasteiger partial charge in [0.15, 0.2) is 0 Å². The van der Waals surface area contributed by atoms with Crippen LogP contribution in [0.2, 0.25) is 0 Å². The molecule has 0 bridgehead atoms. The van der Waals surface area contributed by atoms with Crippen molar-refractivity contribution in [2.24, 2.45) is 5.92 Å². The zero-order chi connectivity index (χ0) is 22.3. The fourth-order valence-corrected chi connectivity index (χ4v) is 2.97.